The van der Waals surface area contributed by atoms with Gasteiger partial charge in [-0.1, -0.05) is 6.58 Å². The number of aryl methyl sites for hydroxylation is 2. The Labute approximate surface area is 168 Å². The summed E-state index contributed by atoms with van der Waals surface area (Å²) in [5.41, 5.74) is 4.99. The number of pyridine rings is 1. The molecular formula is C23H31N5. The van der Waals surface area contributed by atoms with Gasteiger partial charge in [-0.15, -0.1) is 0 Å². The minimum absolute atomic E-state index is 0.865. The molecule has 1 aliphatic carbocycles. The standard InChI is InChI=1S/C23H31N5/c1-4-18(8-7-13-28-16-14-26(2)15-17-28)24-22-12-11-20-19-9-5-6-10-21(19)27(3)23(20)25-22/h4,7-8,11-13H,1,5-6,9-10,14-17H2,2-3H3,(H,24,25)/b13-7+,18-8+. The number of piperazine rings is 1. The lowest BCUT2D eigenvalue weighted by Gasteiger charge is -2.31. The van der Waals surface area contributed by atoms with Crippen LogP contribution in [0.3, 0.4) is 0 Å². The number of nitrogens with one attached hydrogen (secondary N) is 1. The Hall–Kier alpha value is -2.53. The van der Waals surface area contributed by atoms with Crippen molar-refractivity contribution in [1.29, 1.82) is 0 Å². The molecule has 5 nitrogen and oxygen atoms in total. The predicted octanol–water partition coefficient (Wildman–Crippen LogP) is 3.70. The number of fused-ring (bicyclic) bond motifs is 3. The fraction of sp³-hybridized carbons (Fsp3) is 0.435. The second-order valence-electron chi connectivity index (χ2n) is 7.89. The lowest BCUT2D eigenvalue weighted by molar-refractivity contribution is 0.198. The maximum absolute atomic E-state index is 4.90. The quantitative estimate of drug-likeness (QED) is 0.806. The van der Waals surface area contributed by atoms with Crippen LogP contribution in [0.25, 0.3) is 11.0 Å². The molecule has 0 radical (unpaired) electrons. The van der Waals surface area contributed by atoms with E-state index in [1.807, 2.05) is 6.08 Å². The van der Waals surface area contributed by atoms with E-state index >= 15 is 0 Å². The van der Waals surface area contributed by atoms with Crippen molar-refractivity contribution in [3.8, 4) is 0 Å². The molecule has 1 N–H and O–H groups in total. The van der Waals surface area contributed by atoms with Crippen molar-refractivity contribution in [1.82, 2.24) is 19.4 Å². The van der Waals surface area contributed by atoms with Crippen molar-refractivity contribution in [2.45, 2.75) is 25.7 Å². The fourth-order valence-corrected chi connectivity index (χ4v) is 4.23. The van der Waals surface area contributed by atoms with Crippen LogP contribution < -0.4 is 5.32 Å². The molecular weight excluding hydrogens is 346 g/mol. The normalized spacial score (nSPS) is 18.6. The van der Waals surface area contributed by atoms with Crippen LogP contribution in [0.15, 0.2) is 48.8 Å². The topological polar surface area (TPSA) is 36.3 Å². The van der Waals surface area contributed by atoms with Crippen LogP contribution >= 0.6 is 0 Å². The molecule has 1 fully saturated rings. The third-order valence-corrected chi connectivity index (χ3v) is 5.96. The molecule has 2 aliphatic rings. The van der Waals surface area contributed by atoms with Gasteiger partial charge in [0.2, 0.25) is 0 Å². The summed E-state index contributed by atoms with van der Waals surface area (Å²) >= 11 is 0. The zero-order valence-corrected chi connectivity index (χ0v) is 17.1. The molecule has 2 aromatic heterocycles. The number of hydrogen-bond donors (Lipinski definition) is 1. The van der Waals surface area contributed by atoms with E-state index in [4.69, 9.17) is 4.98 Å². The maximum Gasteiger partial charge on any atom is 0.142 e. The zero-order chi connectivity index (χ0) is 19.5. The van der Waals surface area contributed by atoms with Crippen LogP contribution in [0.1, 0.15) is 24.1 Å². The van der Waals surface area contributed by atoms with Gasteiger partial charge in [0, 0.05) is 50.0 Å². The van der Waals surface area contributed by atoms with Crippen molar-refractivity contribution in [3.05, 3.63) is 60.1 Å². The fourth-order valence-electron chi connectivity index (χ4n) is 4.23. The first-order valence-corrected chi connectivity index (χ1v) is 10.3. The SMILES string of the molecule is C=C/C(=C\C=C\N1CCN(C)CC1)Nc1ccc2c3c(n(C)c2n1)CCCC3. The van der Waals surface area contributed by atoms with E-state index in [-0.39, 0.29) is 0 Å². The number of anilines is 1. The van der Waals surface area contributed by atoms with Gasteiger partial charge >= 0.3 is 0 Å². The molecule has 3 heterocycles. The van der Waals surface area contributed by atoms with Gasteiger partial charge < -0.3 is 19.7 Å². The van der Waals surface area contributed by atoms with Crippen molar-refractivity contribution < 1.29 is 0 Å². The molecule has 148 valence electrons. The summed E-state index contributed by atoms with van der Waals surface area (Å²) in [6.07, 6.45) is 13.1. The molecule has 5 heteroatoms. The molecule has 0 saturated carbocycles. The highest BCUT2D eigenvalue weighted by Crippen LogP contribution is 2.31. The largest absolute Gasteiger partial charge is 0.375 e. The zero-order valence-electron chi connectivity index (χ0n) is 17.1. The van der Waals surface area contributed by atoms with Gasteiger partial charge in [0.15, 0.2) is 0 Å². The summed E-state index contributed by atoms with van der Waals surface area (Å²) in [6, 6.07) is 4.30. The van der Waals surface area contributed by atoms with Gasteiger partial charge in [0.25, 0.3) is 0 Å². The van der Waals surface area contributed by atoms with E-state index in [1.165, 1.54) is 42.3 Å². The van der Waals surface area contributed by atoms with E-state index < -0.39 is 0 Å². The molecule has 1 saturated heterocycles. The average Bonchev–Trinajstić information content (AvgIpc) is 3.01. The smallest absolute Gasteiger partial charge is 0.142 e. The average molecular weight is 378 g/mol. The molecule has 0 aromatic carbocycles. The lowest BCUT2D eigenvalue weighted by atomic mass is 9.96. The number of hydrogen-bond acceptors (Lipinski definition) is 4. The minimum atomic E-state index is 0.865. The van der Waals surface area contributed by atoms with Gasteiger partial charge in [-0.05, 0) is 74.9 Å². The van der Waals surface area contributed by atoms with Crippen molar-refractivity contribution in [3.63, 3.8) is 0 Å². The van der Waals surface area contributed by atoms with Crippen molar-refractivity contribution >= 4 is 16.9 Å². The molecule has 1 aliphatic heterocycles. The minimum Gasteiger partial charge on any atom is -0.375 e. The van der Waals surface area contributed by atoms with E-state index in [1.54, 1.807) is 0 Å². The third kappa shape index (κ3) is 3.85. The maximum atomic E-state index is 4.90. The van der Waals surface area contributed by atoms with Crippen LogP contribution in [0, 0.1) is 0 Å². The second-order valence-corrected chi connectivity index (χ2v) is 7.89. The summed E-state index contributed by atoms with van der Waals surface area (Å²) in [4.78, 5) is 9.62. The number of nitrogens with zero attached hydrogens (tertiary/aromatic N) is 4. The Morgan fingerprint density at radius 2 is 1.89 bits per heavy atom. The number of aromatic nitrogens is 2. The number of rotatable bonds is 5. The molecule has 0 atom stereocenters. The van der Waals surface area contributed by atoms with E-state index in [9.17, 15) is 0 Å². The highest BCUT2D eigenvalue weighted by Gasteiger charge is 2.19. The third-order valence-electron chi connectivity index (χ3n) is 5.96. The van der Waals surface area contributed by atoms with E-state index in [0.717, 1.165) is 43.3 Å². The van der Waals surface area contributed by atoms with Gasteiger partial charge in [-0.25, -0.2) is 4.98 Å². The molecule has 28 heavy (non-hydrogen) atoms. The van der Waals surface area contributed by atoms with Gasteiger partial charge in [-0.2, -0.15) is 0 Å². The number of allylic oxidation sites excluding steroid dienone is 3. The van der Waals surface area contributed by atoms with Crippen molar-refractivity contribution in [2.75, 3.05) is 38.5 Å². The highest BCUT2D eigenvalue weighted by atomic mass is 15.2. The van der Waals surface area contributed by atoms with Crippen LogP contribution in [0.5, 0.6) is 0 Å². The van der Waals surface area contributed by atoms with Crippen molar-refractivity contribution in [2.24, 2.45) is 7.05 Å². The Bertz CT molecular complexity index is 913. The second kappa shape index (κ2) is 8.23. The van der Waals surface area contributed by atoms with Gasteiger partial charge in [0.05, 0.1) is 0 Å². The summed E-state index contributed by atoms with van der Waals surface area (Å²) < 4.78 is 2.28. The summed E-state index contributed by atoms with van der Waals surface area (Å²) in [5.74, 6) is 0.865. The summed E-state index contributed by atoms with van der Waals surface area (Å²) in [6.45, 7) is 8.33. The predicted molar refractivity (Wildman–Crippen MR) is 117 cm³/mol. The first-order chi connectivity index (χ1) is 13.7. The summed E-state index contributed by atoms with van der Waals surface area (Å²) in [7, 11) is 4.32. The highest BCUT2D eigenvalue weighted by molar-refractivity contribution is 5.84. The van der Waals surface area contributed by atoms with Crippen LogP contribution in [0.2, 0.25) is 0 Å². The molecule has 4 rings (SSSR count). The molecule has 2 aromatic rings. The van der Waals surface area contributed by atoms with Crippen LogP contribution in [-0.2, 0) is 19.9 Å². The van der Waals surface area contributed by atoms with Crippen LogP contribution in [0.4, 0.5) is 5.82 Å². The molecule has 0 amide bonds. The van der Waals surface area contributed by atoms with E-state index in [2.05, 4.69) is 70.8 Å². The van der Waals surface area contributed by atoms with Gasteiger partial charge in [0.1, 0.15) is 11.5 Å². The first-order valence-electron chi connectivity index (χ1n) is 10.3. The number of likely N-dealkylation sites (N-methyl/N-ethyl adjacent to an activating group) is 1. The Kier molecular flexibility index (Phi) is 5.53. The Morgan fingerprint density at radius 3 is 2.68 bits per heavy atom. The summed E-state index contributed by atoms with van der Waals surface area (Å²) in [5, 5.41) is 4.72. The molecule has 0 unspecified atom stereocenters. The molecule has 0 bridgehead atoms. The molecule has 0 spiro atoms. The lowest BCUT2D eigenvalue weighted by Crippen LogP contribution is -2.41. The Balaban J connectivity index is 1.49. The van der Waals surface area contributed by atoms with Gasteiger partial charge in [-0.3, -0.25) is 0 Å². The van der Waals surface area contributed by atoms with E-state index in [0.29, 0.717) is 0 Å². The Morgan fingerprint density at radius 1 is 1.11 bits per heavy atom. The first kappa shape index (κ1) is 18.8. The monoisotopic (exact) mass is 377 g/mol. The van der Waals surface area contributed by atoms with Crippen LogP contribution in [-0.4, -0.2) is 52.6 Å².